The summed E-state index contributed by atoms with van der Waals surface area (Å²) in [5, 5.41) is 5.97. The van der Waals surface area contributed by atoms with Crippen molar-refractivity contribution in [1.82, 2.24) is 10.6 Å². The standard InChI is InChI=1S/2C4H12NOSi.2Na/c2*1-5-3-2-4-7-6;;/h2*5H,2-4,7H2,1H3;;/q2*-1;2*+1. The third-order valence-electron chi connectivity index (χ3n) is 1.64. The maximum Gasteiger partial charge on any atom is 1.00 e. The van der Waals surface area contributed by atoms with E-state index in [1.807, 2.05) is 14.1 Å². The first-order valence-corrected chi connectivity index (χ1v) is 8.44. The normalized spacial score (nSPS) is 9.75. The number of hydrogen-bond donors (Lipinski definition) is 2. The molecule has 0 spiro atoms. The van der Waals surface area contributed by atoms with Crippen molar-refractivity contribution in [2.24, 2.45) is 0 Å². The van der Waals surface area contributed by atoms with Crippen LogP contribution in [-0.4, -0.2) is 46.7 Å². The van der Waals surface area contributed by atoms with Crippen molar-refractivity contribution in [2.45, 2.75) is 24.9 Å². The van der Waals surface area contributed by atoms with Crippen LogP contribution >= 0.6 is 0 Å². The topological polar surface area (TPSA) is 70.2 Å². The Kier molecular flexibility index (Phi) is 50.8. The van der Waals surface area contributed by atoms with E-state index in [-0.39, 0.29) is 59.1 Å². The van der Waals surface area contributed by atoms with Gasteiger partial charge in [-0.3, -0.25) is 0 Å². The van der Waals surface area contributed by atoms with E-state index in [0.717, 1.165) is 38.0 Å². The molecule has 0 aromatic heterocycles. The van der Waals surface area contributed by atoms with Crippen LogP contribution in [0.4, 0.5) is 0 Å². The molecule has 0 bridgehead atoms. The zero-order valence-corrected chi connectivity index (χ0v) is 18.3. The Bertz CT molecular complexity index is 80.4. The van der Waals surface area contributed by atoms with E-state index in [9.17, 15) is 9.59 Å². The fraction of sp³-hybridized carbons (Fsp3) is 1.00. The largest absolute Gasteiger partial charge is 1.00 e. The van der Waals surface area contributed by atoms with Gasteiger partial charge in [-0.25, -0.2) is 0 Å². The van der Waals surface area contributed by atoms with Gasteiger partial charge in [0.05, 0.1) is 0 Å². The van der Waals surface area contributed by atoms with Crippen LogP contribution in [0.3, 0.4) is 0 Å². The molecule has 4 nitrogen and oxygen atoms in total. The summed E-state index contributed by atoms with van der Waals surface area (Å²) in [5.74, 6) is 0. The van der Waals surface area contributed by atoms with Gasteiger partial charge in [0.15, 0.2) is 0 Å². The molecule has 0 amide bonds. The molecule has 0 aliphatic heterocycles. The molecule has 0 aliphatic carbocycles. The van der Waals surface area contributed by atoms with Gasteiger partial charge in [-0.2, -0.15) is 0 Å². The number of rotatable bonds is 8. The maximum absolute atomic E-state index is 9.92. The first-order valence-electron chi connectivity index (χ1n) is 5.28. The molecule has 2 N–H and O–H groups in total. The van der Waals surface area contributed by atoms with E-state index < -0.39 is 19.5 Å². The maximum atomic E-state index is 9.92. The summed E-state index contributed by atoms with van der Waals surface area (Å²) < 4.78 is 0. The molecule has 0 aromatic rings. The molecule has 0 unspecified atom stereocenters. The fourth-order valence-electron chi connectivity index (χ4n) is 0.808. The van der Waals surface area contributed by atoms with Gasteiger partial charge in [0.2, 0.25) is 0 Å². The van der Waals surface area contributed by atoms with Crippen LogP contribution in [0.1, 0.15) is 12.8 Å². The minimum Gasteiger partial charge on any atom is -0.863 e. The first-order chi connectivity index (χ1) is 6.83. The van der Waals surface area contributed by atoms with Crippen LogP contribution in [0.25, 0.3) is 0 Å². The van der Waals surface area contributed by atoms with Gasteiger partial charge < -0.3 is 20.2 Å². The molecule has 8 heteroatoms. The van der Waals surface area contributed by atoms with Crippen LogP contribution in [0.15, 0.2) is 0 Å². The summed E-state index contributed by atoms with van der Waals surface area (Å²) in [6.07, 6.45) is 2.15. The first kappa shape index (κ1) is 26.8. The van der Waals surface area contributed by atoms with Crippen molar-refractivity contribution < 1.29 is 68.7 Å². The van der Waals surface area contributed by atoms with Crippen molar-refractivity contribution in [2.75, 3.05) is 27.2 Å². The second-order valence-corrected chi connectivity index (χ2v) is 5.26. The van der Waals surface area contributed by atoms with E-state index in [1.165, 1.54) is 0 Å². The Morgan fingerprint density at radius 3 is 1.31 bits per heavy atom. The van der Waals surface area contributed by atoms with Crippen molar-refractivity contribution >= 4 is 19.5 Å². The monoisotopic (exact) mass is 282 g/mol. The van der Waals surface area contributed by atoms with Crippen molar-refractivity contribution in [3.63, 3.8) is 0 Å². The minimum absolute atomic E-state index is 0. The molecule has 0 rings (SSSR count). The molecular weight excluding hydrogens is 258 g/mol. The van der Waals surface area contributed by atoms with E-state index in [4.69, 9.17) is 0 Å². The predicted octanol–water partition coefficient (Wildman–Crippen LogP) is -9.08. The molecule has 0 radical (unpaired) electrons. The Morgan fingerprint density at radius 1 is 0.812 bits per heavy atom. The molecule has 0 heterocycles. The summed E-state index contributed by atoms with van der Waals surface area (Å²) in [6.45, 7) is 2.02. The van der Waals surface area contributed by atoms with Crippen LogP contribution in [0.2, 0.25) is 12.1 Å². The van der Waals surface area contributed by atoms with Crippen LogP contribution < -0.4 is 79.3 Å². The average molecular weight is 282 g/mol. The second kappa shape index (κ2) is 30.4. The summed E-state index contributed by atoms with van der Waals surface area (Å²) in [4.78, 5) is 19.8. The Labute approximate surface area is 149 Å². The fourth-order valence-corrected chi connectivity index (χ4v) is 1.72. The molecule has 0 saturated heterocycles. The molecule has 0 aromatic carbocycles. The SMILES string of the molecule is CNCCC[SiH2][O-].CNCCC[SiH2][O-].[Na+].[Na+]. The van der Waals surface area contributed by atoms with Crippen molar-refractivity contribution in [3.05, 3.63) is 0 Å². The quantitative estimate of drug-likeness (QED) is 0.343. The molecule has 0 aliphatic rings. The van der Waals surface area contributed by atoms with E-state index in [0.29, 0.717) is 0 Å². The zero-order chi connectivity index (χ0) is 11.1. The second-order valence-electron chi connectivity index (χ2n) is 3.03. The Morgan fingerprint density at radius 2 is 1.12 bits per heavy atom. The van der Waals surface area contributed by atoms with Gasteiger partial charge in [-0.1, -0.05) is 31.6 Å². The van der Waals surface area contributed by atoms with Crippen molar-refractivity contribution in [1.29, 1.82) is 0 Å². The van der Waals surface area contributed by atoms with Crippen LogP contribution in [0, 0.1) is 0 Å². The molecule has 0 saturated carbocycles. The smallest absolute Gasteiger partial charge is 0.863 e. The van der Waals surface area contributed by atoms with Gasteiger partial charge in [0.1, 0.15) is 0 Å². The third-order valence-corrected chi connectivity index (χ3v) is 3.22. The van der Waals surface area contributed by atoms with E-state index >= 15 is 0 Å². The summed E-state index contributed by atoms with van der Waals surface area (Å²) in [5.41, 5.74) is 0. The zero-order valence-electron chi connectivity index (χ0n) is 11.5. The summed E-state index contributed by atoms with van der Waals surface area (Å²) >= 11 is 0. The van der Waals surface area contributed by atoms with E-state index in [1.54, 1.807) is 0 Å². The van der Waals surface area contributed by atoms with Gasteiger partial charge in [-0.15, -0.1) is 0 Å². The van der Waals surface area contributed by atoms with Crippen LogP contribution in [-0.2, 0) is 0 Å². The van der Waals surface area contributed by atoms with Crippen LogP contribution in [0.5, 0.6) is 0 Å². The summed E-state index contributed by atoms with van der Waals surface area (Å²) in [7, 11) is 2.03. The Balaban J connectivity index is -0.0000000800. The third kappa shape index (κ3) is 36.0. The molecule has 0 fully saturated rings. The number of hydrogen-bond acceptors (Lipinski definition) is 4. The molecule has 88 valence electrons. The van der Waals surface area contributed by atoms with Gasteiger partial charge in [0, 0.05) is 0 Å². The molecule has 16 heavy (non-hydrogen) atoms. The Hall–Kier alpha value is 2.27. The van der Waals surface area contributed by atoms with E-state index in [2.05, 4.69) is 10.6 Å². The van der Waals surface area contributed by atoms with Crippen molar-refractivity contribution in [3.8, 4) is 0 Å². The molecule has 0 atom stereocenters. The number of nitrogens with one attached hydrogen (secondary N) is 2. The minimum atomic E-state index is -0.896. The molecular formula is C8H24N2Na2O2Si2. The predicted molar refractivity (Wildman–Crippen MR) is 63.8 cm³/mol. The van der Waals surface area contributed by atoms with Gasteiger partial charge >= 0.3 is 59.1 Å². The van der Waals surface area contributed by atoms with Gasteiger partial charge in [-0.05, 0) is 40.0 Å². The summed E-state index contributed by atoms with van der Waals surface area (Å²) in [6, 6.07) is 1.89. The average Bonchev–Trinajstić information content (AvgIpc) is 2.21. The van der Waals surface area contributed by atoms with Gasteiger partial charge in [0.25, 0.3) is 0 Å².